The van der Waals surface area contributed by atoms with E-state index in [9.17, 15) is 25.5 Å². The number of hydrogen-bond donors (Lipinski definition) is 5. The maximum Gasteiger partial charge on any atom is 0.125 e. The molecule has 246 valence electrons. The first-order valence-electron chi connectivity index (χ1n) is 16.3. The lowest BCUT2D eigenvalue weighted by atomic mass is 9.62. The van der Waals surface area contributed by atoms with Crippen LogP contribution in [0.4, 0.5) is 22.7 Å². The Bertz CT molecular complexity index is 1980. The van der Waals surface area contributed by atoms with Gasteiger partial charge in [-0.25, -0.2) is 0 Å². The number of benzene rings is 6. The van der Waals surface area contributed by atoms with Crippen LogP contribution in [0.3, 0.4) is 0 Å². The Kier molecular flexibility index (Phi) is 8.46. The van der Waals surface area contributed by atoms with Crippen molar-refractivity contribution in [3.63, 3.8) is 0 Å². The summed E-state index contributed by atoms with van der Waals surface area (Å²) in [6, 6.07) is 44.8. The van der Waals surface area contributed by atoms with Gasteiger partial charge in [-0.2, -0.15) is 0 Å². The standard InChI is InChI=1S/C42H38N2O5/c1-43(2)29-24-36(46)39(37(47)25-29)40-41(48)38(42(40)49)32-22-21-28(23-35(32)45)44(33-19-11-9-17-30(33)26-13-5-3-6-14-26)34-20-12-10-18-31(34)27-15-7-4-8-16-27/h3-25,38,40-42,45-49H,1-2H3. The number of anilines is 4. The summed E-state index contributed by atoms with van der Waals surface area (Å²) in [6.07, 6.45) is -2.33. The SMILES string of the molecule is CN(C)c1cc(O)c(C2C(O)C(c3ccc(N(c4ccccc4-c4ccccc4)c4ccccc4-c4ccccc4)cc3O)C2O)c(O)c1. The highest BCUT2D eigenvalue weighted by atomic mass is 16.3. The zero-order chi connectivity index (χ0) is 34.2. The van der Waals surface area contributed by atoms with E-state index in [-0.39, 0.29) is 22.8 Å². The first kappa shape index (κ1) is 31.8. The summed E-state index contributed by atoms with van der Waals surface area (Å²) in [6.45, 7) is 0. The molecule has 0 aliphatic heterocycles. The molecule has 5 N–H and O–H groups in total. The van der Waals surface area contributed by atoms with Crippen LogP contribution in [0.15, 0.2) is 140 Å². The van der Waals surface area contributed by atoms with E-state index in [2.05, 4.69) is 53.4 Å². The van der Waals surface area contributed by atoms with Gasteiger partial charge < -0.3 is 35.3 Å². The van der Waals surface area contributed by atoms with Crippen molar-refractivity contribution < 1.29 is 25.5 Å². The number of phenolic OH excluding ortho intramolecular Hbond substituents is 3. The molecular formula is C42H38N2O5. The summed E-state index contributed by atoms with van der Waals surface area (Å²) >= 11 is 0. The predicted molar refractivity (Wildman–Crippen MR) is 195 cm³/mol. The Hall–Kier alpha value is -5.76. The fourth-order valence-electron chi connectivity index (χ4n) is 7.04. The second-order valence-electron chi connectivity index (χ2n) is 12.7. The van der Waals surface area contributed by atoms with Gasteiger partial charge in [0.2, 0.25) is 0 Å². The average molecular weight is 651 g/mol. The molecule has 7 rings (SSSR count). The van der Waals surface area contributed by atoms with E-state index >= 15 is 0 Å². The van der Waals surface area contributed by atoms with Gasteiger partial charge in [0, 0.05) is 77.8 Å². The molecule has 1 saturated carbocycles. The fourth-order valence-corrected chi connectivity index (χ4v) is 7.04. The number of phenols is 3. The average Bonchev–Trinajstić information content (AvgIpc) is 3.12. The maximum atomic E-state index is 11.6. The smallest absolute Gasteiger partial charge is 0.125 e. The van der Waals surface area contributed by atoms with Crippen molar-refractivity contribution >= 4 is 22.7 Å². The Morgan fingerprint density at radius 2 is 0.918 bits per heavy atom. The van der Waals surface area contributed by atoms with Crippen molar-refractivity contribution in [3.8, 4) is 39.5 Å². The summed E-state index contributed by atoms with van der Waals surface area (Å²) < 4.78 is 0. The van der Waals surface area contributed by atoms with Crippen LogP contribution >= 0.6 is 0 Å². The fraction of sp³-hybridized carbons (Fsp3) is 0.143. The van der Waals surface area contributed by atoms with Crippen LogP contribution in [-0.2, 0) is 0 Å². The van der Waals surface area contributed by atoms with E-state index in [1.54, 1.807) is 31.1 Å². The monoisotopic (exact) mass is 650 g/mol. The molecule has 0 spiro atoms. The van der Waals surface area contributed by atoms with E-state index in [0.717, 1.165) is 33.6 Å². The molecule has 6 aromatic rings. The van der Waals surface area contributed by atoms with Gasteiger partial charge in [-0.3, -0.25) is 0 Å². The third-order valence-corrected chi connectivity index (χ3v) is 9.53. The van der Waals surface area contributed by atoms with Gasteiger partial charge in [-0.15, -0.1) is 0 Å². The minimum Gasteiger partial charge on any atom is -0.508 e. The second kappa shape index (κ2) is 13.0. The van der Waals surface area contributed by atoms with E-state index in [1.807, 2.05) is 66.7 Å². The molecule has 49 heavy (non-hydrogen) atoms. The maximum absolute atomic E-state index is 11.6. The van der Waals surface area contributed by atoms with Crippen LogP contribution in [0.25, 0.3) is 22.3 Å². The second-order valence-corrected chi connectivity index (χ2v) is 12.7. The normalized spacial score (nSPS) is 18.4. The molecule has 7 heteroatoms. The van der Waals surface area contributed by atoms with Crippen LogP contribution in [0, 0.1) is 0 Å². The Morgan fingerprint density at radius 3 is 1.39 bits per heavy atom. The first-order valence-corrected chi connectivity index (χ1v) is 16.3. The molecule has 1 aliphatic carbocycles. The largest absolute Gasteiger partial charge is 0.508 e. The Balaban J connectivity index is 1.31. The molecule has 0 radical (unpaired) electrons. The highest BCUT2D eigenvalue weighted by Crippen LogP contribution is 2.55. The highest BCUT2D eigenvalue weighted by Gasteiger charge is 2.53. The van der Waals surface area contributed by atoms with Crippen LogP contribution in [0.5, 0.6) is 17.2 Å². The van der Waals surface area contributed by atoms with E-state index in [4.69, 9.17) is 0 Å². The minimum atomic E-state index is -1.16. The molecule has 6 aromatic carbocycles. The lowest BCUT2D eigenvalue weighted by molar-refractivity contribution is -0.0804. The van der Waals surface area contributed by atoms with E-state index in [1.165, 1.54) is 12.1 Å². The number of aliphatic hydroxyl groups excluding tert-OH is 2. The van der Waals surface area contributed by atoms with Gasteiger partial charge >= 0.3 is 0 Å². The summed E-state index contributed by atoms with van der Waals surface area (Å²) in [5, 5.41) is 55.8. The third-order valence-electron chi connectivity index (χ3n) is 9.53. The lowest BCUT2D eigenvalue weighted by Gasteiger charge is -2.47. The third kappa shape index (κ3) is 5.73. The number of aliphatic hydroxyl groups is 2. The van der Waals surface area contributed by atoms with Gasteiger partial charge in [0.1, 0.15) is 17.2 Å². The molecule has 0 bridgehead atoms. The minimum absolute atomic E-state index is 0.0826. The number of rotatable bonds is 8. The van der Waals surface area contributed by atoms with Crippen LogP contribution < -0.4 is 9.80 Å². The summed E-state index contributed by atoms with van der Waals surface area (Å²) in [4.78, 5) is 3.85. The van der Waals surface area contributed by atoms with Gasteiger partial charge in [-0.1, -0.05) is 103 Å². The summed E-state index contributed by atoms with van der Waals surface area (Å²) in [5.74, 6) is -2.29. The summed E-state index contributed by atoms with van der Waals surface area (Å²) in [7, 11) is 3.57. The van der Waals surface area contributed by atoms with Crippen LogP contribution in [-0.4, -0.2) is 51.8 Å². The van der Waals surface area contributed by atoms with Crippen LogP contribution in [0.1, 0.15) is 23.0 Å². The molecule has 0 amide bonds. The van der Waals surface area contributed by atoms with Crippen molar-refractivity contribution in [1.29, 1.82) is 0 Å². The van der Waals surface area contributed by atoms with Crippen molar-refractivity contribution in [2.75, 3.05) is 23.9 Å². The quantitative estimate of drug-likeness (QED) is 0.113. The first-order chi connectivity index (χ1) is 23.7. The van der Waals surface area contributed by atoms with Crippen molar-refractivity contribution in [1.82, 2.24) is 0 Å². The molecule has 0 aromatic heterocycles. The molecule has 0 heterocycles. The van der Waals surface area contributed by atoms with E-state index < -0.39 is 24.0 Å². The molecule has 2 atom stereocenters. The topological polar surface area (TPSA) is 108 Å². The van der Waals surface area contributed by atoms with E-state index in [0.29, 0.717) is 16.9 Å². The van der Waals surface area contributed by atoms with Gasteiger partial charge in [0.25, 0.3) is 0 Å². The molecule has 1 aliphatic rings. The Morgan fingerprint density at radius 1 is 0.469 bits per heavy atom. The number of nitrogens with zero attached hydrogens (tertiary/aromatic N) is 2. The molecule has 1 fully saturated rings. The molecular weight excluding hydrogens is 612 g/mol. The lowest BCUT2D eigenvalue weighted by Crippen LogP contribution is -2.51. The predicted octanol–water partition coefficient (Wildman–Crippen LogP) is 8.28. The van der Waals surface area contributed by atoms with Gasteiger partial charge in [0.15, 0.2) is 0 Å². The van der Waals surface area contributed by atoms with Gasteiger partial charge in [0.05, 0.1) is 23.6 Å². The molecule has 0 saturated heterocycles. The van der Waals surface area contributed by atoms with Crippen molar-refractivity contribution in [3.05, 3.63) is 151 Å². The van der Waals surface area contributed by atoms with Crippen LogP contribution in [0.2, 0.25) is 0 Å². The summed E-state index contributed by atoms with van der Waals surface area (Å²) in [5.41, 5.74) is 7.61. The van der Waals surface area contributed by atoms with Crippen molar-refractivity contribution in [2.24, 2.45) is 0 Å². The Labute approximate surface area is 285 Å². The zero-order valence-electron chi connectivity index (χ0n) is 27.2. The zero-order valence-corrected chi connectivity index (χ0v) is 27.2. The highest BCUT2D eigenvalue weighted by molar-refractivity contribution is 5.93. The van der Waals surface area contributed by atoms with Crippen molar-refractivity contribution in [2.45, 2.75) is 24.0 Å². The number of para-hydroxylation sites is 2. The van der Waals surface area contributed by atoms with Gasteiger partial charge in [-0.05, 0) is 29.3 Å². The molecule has 7 nitrogen and oxygen atoms in total. The number of hydrogen-bond acceptors (Lipinski definition) is 7. The number of aromatic hydroxyl groups is 3. The molecule has 2 unspecified atom stereocenters.